The fourth-order valence-electron chi connectivity index (χ4n) is 5.19. The summed E-state index contributed by atoms with van der Waals surface area (Å²) in [5.41, 5.74) is 0. The predicted molar refractivity (Wildman–Crippen MR) is 221 cm³/mol. The van der Waals surface area contributed by atoms with Crippen molar-refractivity contribution in [3.8, 4) is 0 Å². The number of likely N-dealkylation sites (N-methyl/N-ethyl adjacent to an activating group) is 1. The Bertz CT molecular complexity index is 1080. The molecule has 0 heterocycles. The first-order valence-corrected chi connectivity index (χ1v) is 21.8. The molecule has 0 bridgehead atoms. The number of amides is 1. The van der Waals surface area contributed by atoms with E-state index in [1.54, 1.807) is 6.08 Å². The van der Waals surface area contributed by atoms with Crippen LogP contribution in [0.2, 0.25) is 0 Å². The molecule has 0 rings (SSSR count). The maximum absolute atomic E-state index is 12.8. The lowest BCUT2D eigenvalue weighted by Crippen LogP contribution is -2.45. The molecule has 0 aromatic rings. The van der Waals surface area contributed by atoms with Crippen LogP contribution in [-0.2, 0) is 18.4 Å². The molecule has 0 saturated heterocycles. The molecular weight excluding hydrogens is 671 g/mol. The molecule has 0 aliphatic rings. The topological polar surface area (TPSA) is 105 Å². The number of phosphoric ester groups is 1. The maximum Gasteiger partial charge on any atom is 0.472 e. The summed E-state index contributed by atoms with van der Waals surface area (Å²) in [6.07, 6.45) is 45.4. The van der Waals surface area contributed by atoms with E-state index in [4.69, 9.17) is 9.05 Å². The van der Waals surface area contributed by atoms with Crippen LogP contribution in [0, 0.1) is 0 Å². The van der Waals surface area contributed by atoms with E-state index in [1.807, 2.05) is 27.2 Å². The van der Waals surface area contributed by atoms with E-state index in [0.717, 1.165) is 57.8 Å². The van der Waals surface area contributed by atoms with Crippen molar-refractivity contribution in [1.82, 2.24) is 5.32 Å². The molecule has 0 radical (unpaired) electrons. The van der Waals surface area contributed by atoms with Gasteiger partial charge in [-0.05, 0) is 57.8 Å². The van der Waals surface area contributed by atoms with Crippen LogP contribution in [0.15, 0.2) is 72.9 Å². The van der Waals surface area contributed by atoms with Gasteiger partial charge >= 0.3 is 7.82 Å². The fraction of sp³-hybridized carbons (Fsp3) is 0.698. The molecule has 9 heteroatoms. The van der Waals surface area contributed by atoms with Crippen molar-refractivity contribution in [3.05, 3.63) is 72.9 Å². The van der Waals surface area contributed by atoms with Crippen LogP contribution in [0.25, 0.3) is 0 Å². The number of nitrogens with zero attached hydrogens (tertiary/aromatic N) is 1. The third kappa shape index (κ3) is 36.3. The summed E-state index contributed by atoms with van der Waals surface area (Å²) in [6, 6.07) is -0.878. The van der Waals surface area contributed by atoms with Crippen LogP contribution in [0.1, 0.15) is 142 Å². The molecule has 0 aliphatic heterocycles. The van der Waals surface area contributed by atoms with Crippen LogP contribution in [-0.4, -0.2) is 73.4 Å². The van der Waals surface area contributed by atoms with Gasteiger partial charge in [-0.15, -0.1) is 0 Å². The predicted octanol–water partition coefficient (Wildman–Crippen LogP) is 10.9. The van der Waals surface area contributed by atoms with Gasteiger partial charge in [0.1, 0.15) is 13.2 Å². The van der Waals surface area contributed by atoms with Gasteiger partial charge in [-0.3, -0.25) is 13.8 Å². The molecule has 3 atom stereocenters. The molecule has 1 amide bonds. The summed E-state index contributed by atoms with van der Waals surface area (Å²) in [7, 11) is 1.52. The largest absolute Gasteiger partial charge is 0.472 e. The molecule has 3 N–H and O–H groups in total. The van der Waals surface area contributed by atoms with E-state index in [9.17, 15) is 19.4 Å². The van der Waals surface area contributed by atoms with Gasteiger partial charge in [-0.2, -0.15) is 0 Å². The van der Waals surface area contributed by atoms with Gasteiger partial charge in [0.2, 0.25) is 5.91 Å². The molecule has 300 valence electrons. The zero-order chi connectivity index (χ0) is 38.6. The average molecular weight is 750 g/mol. The second-order valence-corrected chi connectivity index (χ2v) is 16.1. The quantitative estimate of drug-likeness (QED) is 0.0258. The van der Waals surface area contributed by atoms with Crippen molar-refractivity contribution < 1.29 is 32.9 Å². The van der Waals surface area contributed by atoms with Gasteiger partial charge in [0.05, 0.1) is 39.9 Å². The molecule has 8 nitrogen and oxygen atoms in total. The van der Waals surface area contributed by atoms with Gasteiger partial charge in [0, 0.05) is 6.42 Å². The van der Waals surface area contributed by atoms with Crippen LogP contribution in [0.3, 0.4) is 0 Å². The van der Waals surface area contributed by atoms with Crippen molar-refractivity contribution >= 4 is 13.7 Å². The van der Waals surface area contributed by atoms with Gasteiger partial charge < -0.3 is 19.8 Å². The first kappa shape index (κ1) is 49.9. The van der Waals surface area contributed by atoms with Crippen molar-refractivity contribution in [2.75, 3.05) is 40.9 Å². The minimum Gasteiger partial charge on any atom is -0.387 e. The number of quaternary nitrogens is 1. The van der Waals surface area contributed by atoms with E-state index < -0.39 is 20.0 Å². The summed E-state index contributed by atoms with van der Waals surface area (Å²) in [4.78, 5) is 23.0. The van der Waals surface area contributed by atoms with Gasteiger partial charge in [0.25, 0.3) is 0 Å². The van der Waals surface area contributed by atoms with E-state index in [2.05, 4.69) is 79.9 Å². The van der Waals surface area contributed by atoms with E-state index in [1.165, 1.54) is 57.8 Å². The number of allylic oxidation sites excluding steroid dienone is 11. The number of carbonyl (C=O) groups is 1. The zero-order valence-electron chi connectivity index (χ0n) is 33.8. The highest BCUT2D eigenvalue weighted by molar-refractivity contribution is 7.47. The highest BCUT2D eigenvalue weighted by atomic mass is 31.2. The van der Waals surface area contributed by atoms with Crippen LogP contribution < -0.4 is 5.32 Å². The summed E-state index contributed by atoms with van der Waals surface area (Å²) in [5, 5.41) is 13.7. The molecular formula is C43H78N2O6P+. The van der Waals surface area contributed by atoms with Crippen LogP contribution >= 0.6 is 7.82 Å². The molecule has 52 heavy (non-hydrogen) atoms. The number of carbonyl (C=O) groups excluding carboxylic acids is 1. The Morgan fingerprint density at radius 1 is 0.673 bits per heavy atom. The second-order valence-electron chi connectivity index (χ2n) is 14.6. The van der Waals surface area contributed by atoms with E-state index >= 15 is 0 Å². The van der Waals surface area contributed by atoms with Crippen molar-refractivity contribution in [2.24, 2.45) is 0 Å². The highest BCUT2D eigenvalue weighted by Crippen LogP contribution is 2.43. The minimum atomic E-state index is -4.35. The van der Waals surface area contributed by atoms with Crippen molar-refractivity contribution in [3.63, 3.8) is 0 Å². The van der Waals surface area contributed by atoms with Crippen LogP contribution in [0.5, 0.6) is 0 Å². The third-order valence-electron chi connectivity index (χ3n) is 8.43. The summed E-state index contributed by atoms with van der Waals surface area (Å²) < 4.78 is 23.4. The highest BCUT2D eigenvalue weighted by Gasteiger charge is 2.27. The van der Waals surface area contributed by atoms with E-state index in [0.29, 0.717) is 17.4 Å². The number of aliphatic hydroxyl groups excluding tert-OH is 1. The smallest absolute Gasteiger partial charge is 0.387 e. The maximum atomic E-state index is 12.8. The number of phosphoric acid groups is 1. The monoisotopic (exact) mass is 750 g/mol. The van der Waals surface area contributed by atoms with E-state index in [-0.39, 0.29) is 25.5 Å². The Hall–Kier alpha value is -2.06. The van der Waals surface area contributed by atoms with Gasteiger partial charge in [-0.1, -0.05) is 151 Å². The zero-order valence-corrected chi connectivity index (χ0v) is 34.7. The number of nitrogens with one attached hydrogen (secondary N) is 1. The normalized spacial score (nSPS) is 15.3. The summed E-state index contributed by atoms with van der Waals surface area (Å²) in [5.74, 6) is -0.238. The number of hydrogen-bond acceptors (Lipinski definition) is 5. The molecule has 0 spiro atoms. The van der Waals surface area contributed by atoms with Gasteiger partial charge in [0.15, 0.2) is 0 Å². The Labute approximate surface area is 319 Å². The lowest BCUT2D eigenvalue weighted by Gasteiger charge is -2.25. The number of aliphatic hydroxyl groups is 1. The summed E-state index contributed by atoms with van der Waals surface area (Å²) >= 11 is 0. The standard InChI is InChI=1S/C43H77N2O6P/c1-6-8-10-12-14-16-18-20-21-22-23-25-27-29-31-33-35-37-43(47)44-41(40-51-52(48,49)50-39-38-45(3,4)5)42(46)36-34-32-30-28-26-24-19-17-15-13-11-9-7-2/h8,10,14,16,20-21,23,25,29,31,34,36,41-42,46H,6-7,9,11-13,15,17-19,22,24,26-28,30,32-33,35,37-40H2,1-5H3,(H-,44,47,48,49)/p+1/b10-8-,16-14-,21-20-,25-23-,31-29-,36-34+/t41-,42-/m1/s1. The molecule has 0 aromatic heterocycles. The minimum absolute atomic E-state index is 0.0471. The lowest BCUT2D eigenvalue weighted by atomic mass is 10.0. The summed E-state index contributed by atoms with van der Waals surface area (Å²) in [6.45, 7) is 4.62. The Morgan fingerprint density at radius 2 is 1.15 bits per heavy atom. The van der Waals surface area contributed by atoms with Crippen LogP contribution in [0.4, 0.5) is 0 Å². The molecule has 1 unspecified atom stereocenters. The van der Waals surface area contributed by atoms with Crippen molar-refractivity contribution in [1.29, 1.82) is 0 Å². The first-order chi connectivity index (χ1) is 25.0. The average Bonchev–Trinajstić information content (AvgIpc) is 3.09. The Morgan fingerprint density at radius 3 is 1.67 bits per heavy atom. The van der Waals surface area contributed by atoms with Gasteiger partial charge in [-0.25, -0.2) is 4.57 Å². The third-order valence-corrected chi connectivity index (χ3v) is 9.42. The first-order valence-electron chi connectivity index (χ1n) is 20.3. The Kier molecular flexibility index (Phi) is 33.3. The Balaban J connectivity index is 4.62. The number of unbranched alkanes of at least 4 members (excludes halogenated alkanes) is 12. The van der Waals surface area contributed by atoms with Crippen molar-refractivity contribution in [2.45, 2.75) is 154 Å². The molecule has 0 saturated carbocycles. The SMILES string of the molecule is CC/C=C\C/C=C\C/C=C\C/C=C\C/C=C\CCCC(=O)N[C@H](COP(=O)(O)OCC[N+](C)(C)C)[C@H](O)/C=C/CCCCCCCCCCCCC. The second kappa shape index (κ2) is 34.7. The lowest BCUT2D eigenvalue weighted by molar-refractivity contribution is -0.870. The number of rotatable bonds is 35. The molecule has 0 aromatic carbocycles. The molecule has 0 fully saturated rings. The molecule has 0 aliphatic carbocycles. The fourth-order valence-corrected chi connectivity index (χ4v) is 5.93. The number of hydrogen-bond donors (Lipinski definition) is 3.